The zero-order chi connectivity index (χ0) is 12.6. The van der Waals surface area contributed by atoms with E-state index >= 15 is 0 Å². The van der Waals surface area contributed by atoms with Crippen LogP contribution in [0.1, 0.15) is 41.5 Å². The van der Waals surface area contributed by atoms with Crippen LogP contribution in [-0.4, -0.2) is 0 Å². The minimum atomic E-state index is -2.18. The van der Waals surface area contributed by atoms with Gasteiger partial charge in [-0.3, -0.25) is 0 Å². The summed E-state index contributed by atoms with van der Waals surface area (Å²) in [4.78, 5) is 0. The van der Waals surface area contributed by atoms with Gasteiger partial charge >= 0.3 is 42.8 Å². The van der Waals surface area contributed by atoms with E-state index in [1.807, 2.05) is 0 Å². The Morgan fingerprint density at radius 1 is 0.714 bits per heavy atom. The fourth-order valence-corrected chi connectivity index (χ4v) is 0. The van der Waals surface area contributed by atoms with Crippen LogP contribution in [0.2, 0.25) is 0 Å². The van der Waals surface area contributed by atoms with Crippen molar-refractivity contribution in [3.05, 3.63) is 13.8 Å². The van der Waals surface area contributed by atoms with Crippen LogP contribution in [0.5, 0.6) is 0 Å². The van der Waals surface area contributed by atoms with Crippen molar-refractivity contribution in [3.8, 4) is 0 Å². The van der Waals surface area contributed by atoms with Gasteiger partial charge in [-0.2, -0.15) is 10.8 Å². The Bertz CT molecular complexity index is 84.8. The summed E-state index contributed by atoms with van der Waals surface area (Å²) >= 11 is -2.18. The molecule has 4 heteroatoms. The van der Waals surface area contributed by atoms with E-state index in [9.17, 15) is 0 Å². The van der Waals surface area contributed by atoms with Gasteiger partial charge in [0.05, 0.1) is 0 Å². The molecule has 0 atom stereocenters. The Balaban J connectivity index is -0.000000131. The van der Waals surface area contributed by atoms with E-state index in [2.05, 4.69) is 55.4 Å². The third kappa shape index (κ3) is 835. The second-order valence-corrected chi connectivity index (χ2v) is 19.2. The Hall–Kier alpha value is 1.61. The van der Waals surface area contributed by atoms with Gasteiger partial charge in [0.25, 0.3) is 0 Å². The van der Waals surface area contributed by atoms with E-state index in [0.717, 1.165) is 0 Å². The third-order valence-corrected chi connectivity index (χ3v) is 0. The molecule has 0 amide bonds. The summed E-state index contributed by atoms with van der Waals surface area (Å²) < 4.78 is 0. The Morgan fingerprint density at radius 3 is 0.714 bits per heavy atom. The molecule has 0 spiro atoms. The average molecular weight is 430 g/mol. The molecule has 0 aliphatic carbocycles. The van der Waals surface area contributed by atoms with E-state index < -0.39 is 15.2 Å². The summed E-state index contributed by atoms with van der Waals surface area (Å²) in [5, 5.41) is 0. The van der Waals surface area contributed by atoms with E-state index in [4.69, 9.17) is 27.6 Å². The maximum absolute atomic E-state index is 5.01. The Kier molecular flexibility index (Phi) is 14.7. The molecule has 0 aromatic rings. The predicted molar refractivity (Wildman–Crippen MR) is 67.2 cm³/mol. The van der Waals surface area contributed by atoms with Crippen LogP contribution in [0, 0.1) is 24.7 Å². The van der Waals surface area contributed by atoms with Gasteiger partial charge in [-0.1, -0.05) is 41.5 Å². The molecule has 0 rings (SSSR count). The fraction of sp³-hybridized carbons (Fsp3) is 0.800. The van der Waals surface area contributed by atoms with Crippen LogP contribution in [0.25, 0.3) is 0 Å². The van der Waals surface area contributed by atoms with Crippen molar-refractivity contribution in [2.75, 3.05) is 0 Å². The Morgan fingerprint density at radius 2 is 0.714 bits per heavy atom. The summed E-state index contributed by atoms with van der Waals surface area (Å²) in [6, 6.07) is 0. The third-order valence-electron chi connectivity index (χ3n) is 0. The van der Waals surface area contributed by atoms with Gasteiger partial charge in [-0.25, -0.2) is 0 Å². The fourth-order valence-electron chi connectivity index (χ4n) is 0. The molecule has 90 valence electrons. The molecule has 0 nitrogen and oxygen atoms in total. The van der Waals surface area contributed by atoms with Crippen LogP contribution in [0.3, 0.4) is 0 Å². The Labute approximate surface area is 108 Å². The molecular weight excluding hydrogens is 407 g/mol. The van der Waals surface area contributed by atoms with Gasteiger partial charge in [-0.15, -0.1) is 0 Å². The molecule has 0 saturated carbocycles. The van der Waals surface area contributed by atoms with Crippen molar-refractivity contribution in [3.63, 3.8) is 0 Å². The van der Waals surface area contributed by atoms with Gasteiger partial charge in [0, 0.05) is 0 Å². The van der Waals surface area contributed by atoms with Crippen molar-refractivity contribution in [1.29, 1.82) is 0 Å². The van der Waals surface area contributed by atoms with Gasteiger partial charge in [0.2, 0.25) is 0 Å². The first kappa shape index (κ1) is 21.0. The zero-order valence-electron chi connectivity index (χ0n) is 10.00. The molecule has 14 heavy (non-hydrogen) atoms. The molecule has 0 N–H and O–H groups in total. The van der Waals surface area contributed by atoms with E-state index in [-0.39, 0.29) is 10.8 Å². The van der Waals surface area contributed by atoms with Crippen molar-refractivity contribution in [2.45, 2.75) is 41.5 Å². The second kappa shape index (κ2) is 9.81. The second-order valence-electron chi connectivity index (χ2n) is 5.31. The normalized spacial score (nSPS) is 11.1. The molecule has 0 heterocycles. The molecule has 0 bridgehead atoms. The molecule has 0 unspecified atom stereocenters. The van der Waals surface area contributed by atoms with Gasteiger partial charge in [-0.05, 0) is 0 Å². The maximum atomic E-state index is 5.01. The number of hydrogen-bond acceptors (Lipinski definition) is 0. The quantitative estimate of drug-likeness (QED) is 0.427. The molecule has 0 aliphatic heterocycles. The van der Waals surface area contributed by atoms with Crippen molar-refractivity contribution >= 4 is 27.6 Å². The summed E-state index contributed by atoms with van der Waals surface area (Å²) in [7, 11) is 15.0. The molecule has 0 fully saturated rings. The van der Waals surface area contributed by atoms with E-state index in [1.54, 1.807) is 0 Å². The summed E-state index contributed by atoms with van der Waals surface area (Å²) in [5.41, 5.74) is 0.500. The zero-order valence-corrected chi connectivity index (χ0v) is 15.5. The van der Waals surface area contributed by atoms with Crippen LogP contribution >= 0.6 is 27.6 Å². The first-order valence-electron chi connectivity index (χ1n) is 4.21. The van der Waals surface area contributed by atoms with Crippen LogP contribution < -0.4 is 0 Å². The van der Waals surface area contributed by atoms with Crippen LogP contribution in [0.15, 0.2) is 0 Å². The van der Waals surface area contributed by atoms with Crippen molar-refractivity contribution in [2.24, 2.45) is 10.8 Å². The minimum absolute atomic E-state index is 0.250. The average Bonchev–Trinajstić information content (AvgIpc) is 1.45. The molecule has 0 aromatic heterocycles. The van der Waals surface area contributed by atoms with E-state index in [0.29, 0.717) is 0 Å². The van der Waals surface area contributed by atoms with Gasteiger partial charge < -0.3 is 13.8 Å². The predicted octanol–water partition coefficient (Wildman–Crippen LogP) is 5.80. The van der Waals surface area contributed by atoms with Crippen molar-refractivity contribution in [1.82, 2.24) is 0 Å². The summed E-state index contributed by atoms with van der Waals surface area (Å²) in [6.07, 6.45) is 0. The van der Waals surface area contributed by atoms with E-state index in [1.165, 1.54) is 0 Å². The SMILES string of the molecule is [CH2-]C(C)(C)C.[CH2-]C(C)(C)C.[Cl][Ta]([Cl])[Cl]. The monoisotopic (exact) mass is 428 g/mol. The molecule has 0 saturated heterocycles. The number of hydrogen-bond donors (Lipinski definition) is 0. The molecular formula is C10H22Cl3Ta-2. The number of rotatable bonds is 0. The van der Waals surface area contributed by atoms with Gasteiger partial charge in [0.1, 0.15) is 0 Å². The first-order chi connectivity index (χ1) is 5.73. The first-order valence-corrected chi connectivity index (χ1v) is 16.2. The van der Waals surface area contributed by atoms with Crippen LogP contribution in [0.4, 0.5) is 0 Å². The van der Waals surface area contributed by atoms with Gasteiger partial charge in [0.15, 0.2) is 0 Å². The topological polar surface area (TPSA) is 0 Å². The van der Waals surface area contributed by atoms with Crippen molar-refractivity contribution < 1.29 is 15.2 Å². The standard InChI is InChI=1S/2C5H11.3ClH.Ta/c2*1-5(2,3)4;;;;/h2*1H2,2-4H3;3*1H;/q2*-1;;;;+3/p-3. The number of halogens is 3. The molecule has 0 radical (unpaired) electrons. The summed E-state index contributed by atoms with van der Waals surface area (Å²) in [6.45, 7) is 20.0. The molecule has 0 aliphatic rings. The molecule has 0 aromatic carbocycles. The van der Waals surface area contributed by atoms with Crippen LogP contribution in [-0.2, 0) is 15.2 Å². The summed E-state index contributed by atoms with van der Waals surface area (Å²) in [5.74, 6) is 0.